The van der Waals surface area contributed by atoms with Gasteiger partial charge < -0.3 is 14.9 Å². The van der Waals surface area contributed by atoms with Crippen molar-refractivity contribution in [3.63, 3.8) is 0 Å². The van der Waals surface area contributed by atoms with Gasteiger partial charge in [-0.2, -0.15) is 0 Å². The summed E-state index contributed by atoms with van der Waals surface area (Å²) in [5.74, 6) is -1.26. The van der Waals surface area contributed by atoms with Crippen LogP contribution in [0.4, 0.5) is 4.39 Å². The third-order valence-corrected chi connectivity index (χ3v) is 4.43. The molecule has 7 heteroatoms. The van der Waals surface area contributed by atoms with E-state index in [1.54, 1.807) is 12.1 Å². The van der Waals surface area contributed by atoms with Crippen molar-refractivity contribution in [1.29, 1.82) is 0 Å². The Morgan fingerprint density at radius 1 is 1.18 bits per heavy atom. The number of carbonyl (C=O) groups is 2. The first kappa shape index (κ1) is 19.5. The molecule has 0 aliphatic carbocycles. The van der Waals surface area contributed by atoms with Gasteiger partial charge in [0.2, 0.25) is 6.10 Å². The van der Waals surface area contributed by atoms with E-state index in [0.29, 0.717) is 25.0 Å². The lowest BCUT2D eigenvalue weighted by Crippen LogP contribution is -2.47. The summed E-state index contributed by atoms with van der Waals surface area (Å²) in [7, 11) is 1.28. The summed E-state index contributed by atoms with van der Waals surface area (Å²) in [6.45, 7) is 0. The van der Waals surface area contributed by atoms with Gasteiger partial charge in [0, 0.05) is 19.3 Å². The number of nitrogens with zero attached hydrogens (tertiary/aromatic N) is 1. The summed E-state index contributed by atoms with van der Waals surface area (Å²) in [5, 5.41) is 6.65. The van der Waals surface area contributed by atoms with E-state index in [9.17, 15) is 14.0 Å². The number of rotatable bonds is 7. The van der Waals surface area contributed by atoms with Crippen LogP contribution >= 0.6 is 0 Å². The smallest absolute Gasteiger partial charge is 0.328 e. The Morgan fingerprint density at radius 3 is 2.57 bits per heavy atom. The normalized spacial score (nSPS) is 16.6. The van der Waals surface area contributed by atoms with Gasteiger partial charge in [0.15, 0.2) is 0 Å². The number of amides is 1. The molecule has 146 valence electrons. The van der Waals surface area contributed by atoms with Crippen LogP contribution in [0.5, 0.6) is 0 Å². The fourth-order valence-electron chi connectivity index (χ4n) is 2.96. The zero-order valence-electron chi connectivity index (χ0n) is 15.4. The fraction of sp³-hybridized carbons (Fsp3) is 0.286. The first-order valence-corrected chi connectivity index (χ1v) is 8.93. The summed E-state index contributed by atoms with van der Waals surface area (Å²) in [6, 6.07) is 14.6. The average molecular weight is 384 g/mol. The van der Waals surface area contributed by atoms with Crippen LogP contribution in [-0.4, -0.2) is 36.8 Å². The average Bonchev–Trinajstić information content (AvgIpc) is 3.18. The van der Waals surface area contributed by atoms with Crippen LogP contribution in [0, 0.1) is 5.82 Å². The predicted octanol–water partition coefficient (Wildman–Crippen LogP) is 2.41. The van der Waals surface area contributed by atoms with Crippen LogP contribution in [0.2, 0.25) is 0 Å². The topological polar surface area (TPSA) is 77.0 Å². The van der Waals surface area contributed by atoms with Crippen molar-refractivity contribution in [3.8, 4) is 0 Å². The first-order chi connectivity index (χ1) is 13.5. The number of carbonyl (C=O) groups excluding carboxylic acids is 2. The van der Waals surface area contributed by atoms with Crippen molar-refractivity contribution in [1.82, 2.24) is 5.32 Å². The largest absolute Gasteiger partial charge is 0.467 e. The molecule has 0 fully saturated rings. The molecule has 2 atom stereocenters. The van der Waals surface area contributed by atoms with Crippen molar-refractivity contribution in [2.24, 2.45) is 5.16 Å². The lowest BCUT2D eigenvalue weighted by molar-refractivity contribution is -0.146. The van der Waals surface area contributed by atoms with Crippen molar-refractivity contribution in [2.75, 3.05) is 7.11 Å². The number of esters is 1. The molecule has 1 amide bonds. The molecule has 1 aliphatic rings. The zero-order chi connectivity index (χ0) is 19.9. The maximum absolute atomic E-state index is 13.0. The third-order valence-electron chi connectivity index (χ3n) is 4.43. The molecule has 0 saturated carbocycles. The second-order valence-electron chi connectivity index (χ2n) is 6.53. The molecule has 0 bridgehead atoms. The number of halogens is 1. The fourth-order valence-corrected chi connectivity index (χ4v) is 2.96. The van der Waals surface area contributed by atoms with Crippen LogP contribution in [0.1, 0.15) is 17.5 Å². The monoisotopic (exact) mass is 384 g/mol. The minimum absolute atomic E-state index is 0.308. The number of ether oxygens (including phenoxy) is 1. The molecule has 1 aliphatic heterocycles. The summed E-state index contributed by atoms with van der Waals surface area (Å²) in [5.41, 5.74) is 2.46. The molecule has 0 saturated heterocycles. The van der Waals surface area contributed by atoms with Crippen molar-refractivity contribution >= 4 is 17.6 Å². The highest BCUT2D eigenvalue weighted by Gasteiger charge is 2.31. The van der Waals surface area contributed by atoms with Gasteiger partial charge in [-0.25, -0.2) is 9.18 Å². The highest BCUT2D eigenvalue weighted by Crippen LogP contribution is 2.16. The summed E-state index contributed by atoms with van der Waals surface area (Å²) in [4.78, 5) is 29.8. The number of methoxy groups -OCH3 is 1. The zero-order valence-corrected chi connectivity index (χ0v) is 15.4. The second kappa shape index (κ2) is 9.12. The Morgan fingerprint density at radius 2 is 1.89 bits per heavy atom. The Balaban J connectivity index is 1.57. The maximum atomic E-state index is 13.0. The summed E-state index contributed by atoms with van der Waals surface area (Å²) in [6.07, 6.45) is 0.282. The maximum Gasteiger partial charge on any atom is 0.328 e. The number of hydrogen-bond acceptors (Lipinski definition) is 5. The SMILES string of the molecule is COC(=O)[C@H](Cc1ccccc1)NC(=O)[C@@H]1CC(Cc2ccc(F)cc2)=NO1. The molecule has 0 aromatic heterocycles. The standard InChI is InChI=1S/C21H21FN2O4/c1-27-21(26)18(12-14-5-3-2-4-6-14)23-20(25)19-13-17(24-28-19)11-15-7-9-16(22)10-8-15/h2-10,18-19H,11-13H2,1H3,(H,23,25)/t18-,19-/m0/s1. The van der Waals surface area contributed by atoms with Gasteiger partial charge in [0.1, 0.15) is 11.9 Å². The van der Waals surface area contributed by atoms with Crippen molar-refractivity contribution in [3.05, 3.63) is 71.5 Å². The van der Waals surface area contributed by atoms with Crippen LogP contribution < -0.4 is 5.32 Å². The molecule has 1 N–H and O–H groups in total. The van der Waals surface area contributed by atoms with Gasteiger partial charge in [-0.05, 0) is 23.3 Å². The molecule has 0 radical (unpaired) electrons. The second-order valence-corrected chi connectivity index (χ2v) is 6.53. The number of oxime groups is 1. The van der Waals surface area contributed by atoms with Gasteiger partial charge in [-0.1, -0.05) is 47.6 Å². The van der Waals surface area contributed by atoms with E-state index in [-0.39, 0.29) is 5.82 Å². The molecule has 1 heterocycles. The van der Waals surface area contributed by atoms with Crippen LogP contribution in [0.3, 0.4) is 0 Å². The summed E-state index contributed by atoms with van der Waals surface area (Å²) < 4.78 is 17.8. The van der Waals surface area contributed by atoms with E-state index >= 15 is 0 Å². The molecule has 0 unspecified atom stereocenters. The van der Waals surface area contributed by atoms with E-state index in [1.807, 2.05) is 30.3 Å². The molecule has 0 spiro atoms. The number of nitrogens with one attached hydrogen (secondary N) is 1. The lowest BCUT2D eigenvalue weighted by Gasteiger charge is -2.18. The van der Waals surface area contributed by atoms with Gasteiger partial charge in [-0.3, -0.25) is 4.79 Å². The summed E-state index contributed by atoms with van der Waals surface area (Å²) >= 11 is 0. The first-order valence-electron chi connectivity index (χ1n) is 8.93. The van der Waals surface area contributed by atoms with Gasteiger partial charge in [0.05, 0.1) is 12.8 Å². The predicted molar refractivity (Wildman–Crippen MR) is 101 cm³/mol. The van der Waals surface area contributed by atoms with Gasteiger partial charge >= 0.3 is 5.97 Å². The molecule has 2 aromatic carbocycles. The highest BCUT2D eigenvalue weighted by atomic mass is 19.1. The van der Waals surface area contributed by atoms with Gasteiger partial charge in [-0.15, -0.1) is 0 Å². The Labute approximate surface area is 162 Å². The molecule has 3 rings (SSSR count). The molecule has 2 aromatic rings. The van der Waals surface area contributed by atoms with Crippen LogP contribution in [0.15, 0.2) is 59.8 Å². The molecule has 6 nitrogen and oxygen atoms in total. The Bertz CT molecular complexity index is 852. The van der Waals surface area contributed by atoms with E-state index in [0.717, 1.165) is 11.1 Å². The van der Waals surface area contributed by atoms with Crippen molar-refractivity contribution < 1.29 is 23.6 Å². The van der Waals surface area contributed by atoms with E-state index in [4.69, 9.17) is 9.57 Å². The third kappa shape index (κ3) is 5.16. The van der Waals surface area contributed by atoms with Crippen LogP contribution in [0.25, 0.3) is 0 Å². The Hall–Kier alpha value is -3.22. The van der Waals surface area contributed by atoms with Gasteiger partial charge in [0.25, 0.3) is 5.91 Å². The number of hydrogen-bond donors (Lipinski definition) is 1. The highest BCUT2D eigenvalue weighted by molar-refractivity contribution is 5.95. The molecule has 28 heavy (non-hydrogen) atoms. The van der Waals surface area contributed by atoms with E-state index < -0.39 is 24.0 Å². The number of benzene rings is 2. The van der Waals surface area contributed by atoms with Crippen molar-refractivity contribution in [2.45, 2.75) is 31.4 Å². The van der Waals surface area contributed by atoms with Crippen LogP contribution in [-0.2, 0) is 32.0 Å². The molecular weight excluding hydrogens is 363 g/mol. The van der Waals surface area contributed by atoms with E-state index in [1.165, 1.54) is 19.2 Å². The molecular formula is C21H21FN2O4. The Kier molecular flexibility index (Phi) is 6.37. The minimum Gasteiger partial charge on any atom is -0.467 e. The quantitative estimate of drug-likeness (QED) is 0.744. The van der Waals surface area contributed by atoms with E-state index in [2.05, 4.69) is 10.5 Å². The lowest BCUT2D eigenvalue weighted by atomic mass is 10.0. The minimum atomic E-state index is -0.815.